The van der Waals surface area contributed by atoms with Gasteiger partial charge in [-0.25, -0.2) is 13.6 Å². The van der Waals surface area contributed by atoms with E-state index in [1.807, 2.05) is 0 Å². The first-order chi connectivity index (χ1) is 10.9. The van der Waals surface area contributed by atoms with Crippen molar-refractivity contribution in [2.75, 3.05) is 5.32 Å². The Labute approximate surface area is 142 Å². The summed E-state index contributed by atoms with van der Waals surface area (Å²) in [5.41, 5.74) is 0.915. The maximum Gasteiger partial charge on any atom is 0.319 e. The molecule has 2 rings (SSSR count). The molecule has 0 radical (unpaired) electrons. The maximum atomic E-state index is 12.6. The number of amides is 2. The fourth-order valence-corrected chi connectivity index (χ4v) is 2.29. The lowest BCUT2D eigenvalue weighted by Crippen LogP contribution is -2.31. The highest BCUT2D eigenvalue weighted by molar-refractivity contribution is 6.42. The van der Waals surface area contributed by atoms with E-state index < -0.39 is 12.5 Å². The van der Waals surface area contributed by atoms with Crippen LogP contribution in [0.1, 0.15) is 30.5 Å². The van der Waals surface area contributed by atoms with Crippen molar-refractivity contribution in [2.45, 2.75) is 19.4 Å². The smallest absolute Gasteiger partial charge is 0.319 e. The summed E-state index contributed by atoms with van der Waals surface area (Å²) in [5.74, 6) is 0. The minimum Gasteiger partial charge on any atom is -0.331 e. The first kappa shape index (κ1) is 17.5. The van der Waals surface area contributed by atoms with Crippen LogP contribution in [0.25, 0.3) is 0 Å². The Morgan fingerprint density at radius 1 is 1.04 bits per heavy atom. The van der Waals surface area contributed by atoms with Gasteiger partial charge in [0.1, 0.15) is 0 Å². The third-order valence-electron chi connectivity index (χ3n) is 3.19. The molecule has 2 aromatic rings. The van der Waals surface area contributed by atoms with Gasteiger partial charge in [-0.2, -0.15) is 0 Å². The zero-order chi connectivity index (χ0) is 17.0. The lowest BCUT2D eigenvalue weighted by Gasteiger charge is -2.16. The Kier molecular flexibility index (Phi) is 5.80. The quantitative estimate of drug-likeness (QED) is 0.710. The van der Waals surface area contributed by atoms with Crippen LogP contribution in [0.15, 0.2) is 42.5 Å². The van der Waals surface area contributed by atoms with Gasteiger partial charge in [-0.1, -0.05) is 41.4 Å². The van der Waals surface area contributed by atoms with Crippen LogP contribution in [0.4, 0.5) is 19.3 Å². The van der Waals surface area contributed by atoms with Gasteiger partial charge in [0.05, 0.1) is 16.1 Å². The predicted molar refractivity (Wildman–Crippen MR) is 88.4 cm³/mol. The summed E-state index contributed by atoms with van der Waals surface area (Å²) >= 11 is 11.8. The number of urea groups is 1. The van der Waals surface area contributed by atoms with Gasteiger partial charge >= 0.3 is 6.03 Å². The molecule has 23 heavy (non-hydrogen) atoms. The molecule has 0 bridgehead atoms. The van der Waals surface area contributed by atoms with E-state index in [2.05, 4.69) is 10.6 Å². The Morgan fingerprint density at radius 2 is 1.78 bits per heavy atom. The van der Waals surface area contributed by atoms with Crippen LogP contribution in [0.2, 0.25) is 10.0 Å². The number of alkyl halides is 2. The average molecular weight is 359 g/mol. The molecule has 0 spiro atoms. The number of rotatable bonds is 4. The molecular formula is C16H14Cl2F2N2O. The fraction of sp³-hybridized carbons (Fsp3) is 0.188. The molecule has 2 aromatic carbocycles. The van der Waals surface area contributed by atoms with Crippen molar-refractivity contribution >= 4 is 34.9 Å². The molecule has 3 nitrogen and oxygen atoms in total. The number of carbonyl (C=O) groups excluding carboxylic acids is 1. The second kappa shape index (κ2) is 7.62. The molecule has 122 valence electrons. The van der Waals surface area contributed by atoms with E-state index in [1.165, 1.54) is 24.3 Å². The Hall–Kier alpha value is -1.85. The molecule has 0 aliphatic rings. The Morgan fingerprint density at radius 3 is 2.43 bits per heavy atom. The summed E-state index contributed by atoms with van der Waals surface area (Å²) in [5, 5.41) is 6.04. The highest BCUT2D eigenvalue weighted by Crippen LogP contribution is 2.26. The van der Waals surface area contributed by atoms with Crippen molar-refractivity contribution in [3.8, 4) is 0 Å². The molecule has 7 heteroatoms. The van der Waals surface area contributed by atoms with E-state index in [9.17, 15) is 13.6 Å². The van der Waals surface area contributed by atoms with Gasteiger partial charge in [0.25, 0.3) is 6.43 Å². The first-order valence-electron chi connectivity index (χ1n) is 6.77. The number of hydrogen-bond donors (Lipinski definition) is 2. The van der Waals surface area contributed by atoms with Gasteiger partial charge in [-0.05, 0) is 36.8 Å². The number of halogens is 4. The van der Waals surface area contributed by atoms with Crippen molar-refractivity contribution in [3.63, 3.8) is 0 Å². The average Bonchev–Trinajstić information content (AvgIpc) is 2.50. The van der Waals surface area contributed by atoms with Gasteiger partial charge in [0, 0.05) is 11.3 Å². The lowest BCUT2D eigenvalue weighted by atomic mass is 10.1. The molecule has 1 atom stereocenters. The molecule has 0 saturated carbocycles. The van der Waals surface area contributed by atoms with Crippen LogP contribution in [0.3, 0.4) is 0 Å². The molecule has 0 saturated heterocycles. The van der Waals surface area contributed by atoms with Crippen molar-refractivity contribution in [3.05, 3.63) is 63.6 Å². The molecular weight excluding hydrogens is 345 g/mol. The fourth-order valence-electron chi connectivity index (χ4n) is 1.98. The zero-order valence-electron chi connectivity index (χ0n) is 12.1. The van der Waals surface area contributed by atoms with Crippen molar-refractivity contribution < 1.29 is 13.6 Å². The minimum atomic E-state index is -2.59. The van der Waals surface area contributed by atoms with Gasteiger partial charge in [-0.15, -0.1) is 0 Å². The van der Waals surface area contributed by atoms with Gasteiger partial charge in [0.2, 0.25) is 0 Å². The number of nitrogens with one attached hydrogen (secondary N) is 2. The number of benzene rings is 2. The number of carbonyl (C=O) groups is 1. The summed E-state index contributed by atoms with van der Waals surface area (Å²) in [4.78, 5) is 12.0. The third kappa shape index (κ3) is 4.81. The van der Waals surface area contributed by atoms with E-state index >= 15 is 0 Å². The Balaban J connectivity index is 2.01. The molecule has 0 aliphatic carbocycles. The lowest BCUT2D eigenvalue weighted by molar-refractivity contribution is 0.151. The summed E-state index contributed by atoms with van der Waals surface area (Å²) in [7, 11) is 0. The van der Waals surface area contributed by atoms with Gasteiger partial charge in [0.15, 0.2) is 0 Å². The SMILES string of the molecule is CC(NC(=O)Nc1cccc(C(F)F)c1)c1ccc(Cl)c(Cl)c1. The highest BCUT2D eigenvalue weighted by atomic mass is 35.5. The van der Waals surface area contributed by atoms with E-state index in [0.717, 1.165) is 5.56 Å². The summed E-state index contributed by atoms with van der Waals surface area (Å²) in [6.07, 6.45) is -2.59. The van der Waals surface area contributed by atoms with Crippen LogP contribution in [-0.2, 0) is 0 Å². The molecule has 1 unspecified atom stereocenters. The summed E-state index contributed by atoms with van der Waals surface area (Å²) in [6, 6.07) is 9.73. The molecule has 2 N–H and O–H groups in total. The molecule has 0 aromatic heterocycles. The van der Waals surface area contributed by atoms with E-state index in [1.54, 1.807) is 25.1 Å². The van der Waals surface area contributed by atoms with Crippen LogP contribution >= 0.6 is 23.2 Å². The zero-order valence-corrected chi connectivity index (χ0v) is 13.6. The molecule has 0 aliphatic heterocycles. The minimum absolute atomic E-state index is 0.152. The van der Waals surface area contributed by atoms with Crippen molar-refractivity contribution in [1.82, 2.24) is 5.32 Å². The first-order valence-corrected chi connectivity index (χ1v) is 7.53. The standard InChI is InChI=1S/C16H14Cl2F2N2O/c1-9(10-5-6-13(17)14(18)8-10)21-16(23)22-12-4-2-3-11(7-12)15(19)20/h2-9,15H,1H3,(H2,21,22,23). The monoisotopic (exact) mass is 358 g/mol. The van der Waals surface area contributed by atoms with Crippen LogP contribution in [0, 0.1) is 0 Å². The van der Waals surface area contributed by atoms with Gasteiger partial charge in [-0.3, -0.25) is 0 Å². The maximum absolute atomic E-state index is 12.6. The second-order valence-electron chi connectivity index (χ2n) is 4.92. The van der Waals surface area contributed by atoms with Crippen LogP contribution in [-0.4, -0.2) is 6.03 Å². The van der Waals surface area contributed by atoms with E-state index in [4.69, 9.17) is 23.2 Å². The van der Waals surface area contributed by atoms with Crippen molar-refractivity contribution in [2.24, 2.45) is 0 Å². The van der Waals surface area contributed by atoms with E-state index in [-0.39, 0.29) is 11.6 Å². The third-order valence-corrected chi connectivity index (χ3v) is 3.93. The number of hydrogen-bond acceptors (Lipinski definition) is 1. The topological polar surface area (TPSA) is 41.1 Å². The number of anilines is 1. The Bertz CT molecular complexity index is 710. The molecule has 2 amide bonds. The normalized spacial score (nSPS) is 12.1. The van der Waals surface area contributed by atoms with Crippen molar-refractivity contribution in [1.29, 1.82) is 0 Å². The summed E-state index contributed by atoms with van der Waals surface area (Å²) in [6.45, 7) is 1.77. The molecule has 0 fully saturated rings. The predicted octanol–water partition coefficient (Wildman–Crippen LogP) is 5.81. The van der Waals surface area contributed by atoms with Gasteiger partial charge < -0.3 is 10.6 Å². The van der Waals surface area contributed by atoms with E-state index in [0.29, 0.717) is 15.7 Å². The largest absolute Gasteiger partial charge is 0.331 e. The van der Waals surface area contributed by atoms with Crippen LogP contribution in [0.5, 0.6) is 0 Å². The summed E-state index contributed by atoms with van der Waals surface area (Å²) < 4.78 is 25.3. The molecule has 0 heterocycles. The second-order valence-corrected chi connectivity index (χ2v) is 5.73. The highest BCUT2D eigenvalue weighted by Gasteiger charge is 2.12. The van der Waals surface area contributed by atoms with Crippen LogP contribution < -0.4 is 10.6 Å².